The van der Waals surface area contributed by atoms with Gasteiger partial charge >= 0.3 is 25.6 Å². The van der Waals surface area contributed by atoms with Gasteiger partial charge in [-0.2, -0.15) is 0 Å². The molecule has 0 bridgehead atoms. The first-order valence-electron chi connectivity index (χ1n) is 9.74. The summed E-state index contributed by atoms with van der Waals surface area (Å²) in [5.41, 5.74) is -4.19. The van der Waals surface area contributed by atoms with Crippen LogP contribution in [0.1, 0.15) is 27.0 Å². The van der Waals surface area contributed by atoms with Gasteiger partial charge in [-0.25, -0.2) is 23.6 Å². The lowest BCUT2D eigenvalue weighted by atomic mass is 9.98. The molecule has 3 unspecified atom stereocenters. The van der Waals surface area contributed by atoms with Gasteiger partial charge in [-0.05, 0) is 20.8 Å². The summed E-state index contributed by atoms with van der Waals surface area (Å²) < 4.78 is 59.7. The molecule has 3 rings (SSSR count). The van der Waals surface area contributed by atoms with Gasteiger partial charge in [0.25, 0.3) is 5.56 Å². The number of fused-ring (bicyclic) bond motifs is 1. The molecule has 1 aromatic heterocycles. The van der Waals surface area contributed by atoms with Crippen molar-refractivity contribution in [2.75, 3.05) is 19.9 Å². The van der Waals surface area contributed by atoms with Crippen LogP contribution in [0.3, 0.4) is 0 Å². The summed E-state index contributed by atoms with van der Waals surface area (Å²) in [7, 11) is -4.26. The van der Waals surface area contributed by atoms with Crippen molar-refractivity contribution in [2.45, 2.75) is 51.0 Å². The number of ether oxygens (including phenoxy) is 4. The Morgan fingerprint density at radius 2 is 2.12 bits per heavy atom. The fourth-order valence-corrected chi connectivity index (χ4v) is 4.30. The minimum absolute atomic E-state index is 0.424. The predicted molar refractivity (Wildman–Crippen MR) is 105 cm³/mol. The Labute approximate surface area is 185 Å². The van der Waals surface area contributed by atoms with E-state index in [1.165, 1.54) is 0 Å². The third kappa shape index (κ3) is 5.86. The zero-order valence-corrected chi connectivity index (χ0v) is 18.7. The predicted octanol–water partition coefficient (Wildman–Crippen LogP) is 0.338. The van der Waals surface area contributed by atoms with Crippen LogP contribution in [0.25, 0.3) is 0 Å². The van der Waals surface area contributed by atoms with Crippen molar-refractivity contribution in [3.8, 4) is 0 Å². The number of H-pyrrole nitrogens is 1. The Hall–Kier alpha value is -2.58. The molecule has 0 spiro atoms. The molecule has 184 valence electrons. The van der Waals surface area contributed by atoms with E-state index in [2.05, 4.69) is 9.82 Å². The van der Waals surface area contributed by atoms with E-state index in [9.17, 15) is 23.7 Å². The van der Waals surface area contributed by atoms with E-state index in [1.807, 2.05) is 4.98 Å². The second kappa shape index (κ2) is 9.73. The summed E-state index contributed by atoms with van der Waals surface area (Å²) >= 11 is 0. The molecule has 2 fully saturated rings. The average Bonchev–Trinajstić information content (AvgIpc) is 2.95. The number of carbonyl (C=O) groups excluding carboxylic acids is 2. The van der Waals surface area contributed by atoms with Crippen LogP contribution in [0.5, 0.6) is 0 Å². The highest BCUT2D eigenvalue weighted by atomic mass is 31.2. The number of hydrogen-bond donors (Lipinski definition) is 2. The Bertz CT molecular complexity index is 1060. The van der Waals surface area contributed by atoms with Gasteiger partial charge in [0.1, 0.15) is 12.6 Å². The smallest absolute Gasteiger partial charge is 0.462 e. The van der Waals surface area contributed by atoms with Crippen LogP contribution in [0, 0.1) is 0 Å². The minimum atomic E-state index is -4.26. The minimum Gasteiger partial charge on any atom is -0.462 e. The van der Waals surface area contributed by atoms with E-state index in [0.29, 0.717) is 0 Å². The van der Waals surface area contributed by atoms with Gasteiger partial charge < -0.3 is 18.9 Å². The van der Waals surface area contributed by atoms with Crippen LogP contribution in [0.2, 0.25) is 0 Å². The van der Waals surface area contributed by atoms with Gasteiger partial charge in [-0.1, -0.05) is 0 Å². The second-order valence-corrected chi connectivity index (χ2v) is 9.37. The molecule has 0 aromatic carbocycles. The molecule has 3 heterocycles. The number of carbonyl (C=O) groups is 2. The second-order valence-electron chi connectivity index (χ2n) is 7.54. The van der Waals surface area contributed by atoms with E-state index in [0.717, 1.165) is 23.8 Å². The van der Waals surface area contributed by atoms with Crippen molar-refractivity contribution in [3.05, 3.63) is 33.1 Å². The van der Waals surface area contributed by atoms with Crippen molar-refractivity contribution in [1.82, 2.24) is 14.6 Å². The average molecular weight is 495 g/mol. The molecule has 0 radical (unpaired) electrons. The Kier molecular flexibility index (Phi) is 7.39. The van der Waals surface area contributed by atoms with Crippen molar-refractivity contribution in [3.63, 3.8) is 0 Å². The number of rotatable bonds is 5. The molecular formula is C17H23FN3O11P. The number of aromatic nitrogens is 2. The van der Waals surface area contributed by atoms with Crippen molar-refractivity contribution < 1.29 is 46.5 Å². The molecule has 16 heteroatoms. The highest BCUT2D eigenvalue weighted by Crippen LogP contribution is 2.48. The number of nitrogens with zero attached hydrogens (tertiary/aromatic N) is 1. The van der Waals surface area contributed by atoms with Crippen LogP contribution >= 0.6 is 7.75 Å². The number of nitrogens with one attached hydrogen (secondary N) is 2. The monoisotopic (exact) mass is 495 g/mol. The van der Waals surface area contributed by atoms with Crippen LogP contribution in [0.15, 0.2) is 21.9 Å². The first-order valence-corrected chi connectivity index (χ1v) is 11.3. The Morgan fingerprint density at radius 1 is 1.39 bits per heavy atom. The normalized spacial score (nSPS) is 32.5. The zero-order valence-electron chi connectivity index (χ0n) is 17.8. The SMILES string of the molecule is CC(C)OC(=O)CNP1(=O)OCOC(=O)OC2C(CO1)O[C@@H](n1ccc(=O)[nH]c1=O)[C@@]2(C)F. The van der Waals surface area contributed by atoms with Crippen molar-refractivity contribution >= 4 is 19.9 Å². The fourth-order valence-electron chi connectivity index (χ4n) is 3.19. The molecule has 33 heavy (non-hydrogen) atoms. The fraction of sp³-hybridized carbons (Fsp3) is 0.647. The van der Waals surface area contributed by atoms with Gasteiger partial charge in [-0.15, -0.1) is 0 Å². The van der Waals surface area contributed by atoms with Crippen LogP contribution in [-0.4, -0.2) is 65.6 Å². The first-order chi connectivity index (χ1) is 15.4. The van der Waals surface area contributed by atoms with Crippen LogP contribution in [0.4, 0.5) is 9.18 Å². The van der Waals surface area contributed by atoms with Gasteiger partial charge in [0.2, 0.25) is 6.79 Å². The van der Waals surface area contributed by atoms with Crippen LogP contribution < -0.4 is 16.3 Å². The number of aromatic amines is 1. The maximum atomic E-state index is 15.7. The standard InChI is InChI=1S/C17H23FN3O11P/c1-9(2)30-12(23)6-19-33(26)28-7-10-13(32-16(25)27-8-29-33)17(3,18)14(31-10)21-5-4-11(22)20-15(21)24/h4-5,9-10,13-14H,6-8H2,1-3H3,(H,19,26)(H,20,22,24)/t10?,13?,14-,17+,33?/m1/s1. The van der Waals surface area contributed by atoms with Crippen molar-refractivity contribution in [2.24, 2.45) is 0 Å². The maximum absolute atomic E-state index is 15.7. The number of cyclic esters (lactones) is 1. The van der Waals surface area contributed by atoms with E-state index in [-0.39, 0.29) is 0 Å². The topological polar surface area (TPSA) is 173 Å². The molecule has 0 aliphatic carbocycles. The molecule has 14 nitrogen and oxygen atoms in total. The quantitative estimate of drug-likeness (QED) is 0.424. The molecule has 1 aromatic rings. The summed E-state index contributed by atoms with van der Waals surface area (Å²) in [6.07, 6.45) is -5.46. The lowest BCUT2D eigenvalue weighted by molar-refractivity contribution is -0.146. The molecule has 5 atom stereocenters. The number of halogens is 1. The maximum Gasteiger partial charge on any atom is 0.510 e. The molecule has 2 aliphatic rings. The third-order valence-electron chi connectivity index (χ3n) is 4.60. The lowest BCUT2D eigenvalue weighted by Crippen LogP contribution is -2.46. The molecular weight excluding hydrogens is 472 g/mol. The van der Waals surface area contributed by atoms with E-state index in [4.69, 9.17) is 23.3 Å². The molecule has 2 saturated heterocycles. The zero-order chi connectivity index (χ0) is 24.4. The van der Waals surface area contributed by atoms with Crippen LogP contribution in [-0.2, 0) is 37.4 Å². The van der Waals surface area contributed by atoms with E-state index >= 15 is 4.39 Å². The summed E-state index contributed by atoms with van der Waals surface area (Å²) in [6, 6.07) is 0.977. The number of hydrogen-bond acceptors (Lipinski definition) is 11. The summed E-state index contributed by atoms with van der Waals surface area (Å²) in [5, 5.41) is 2.25. The highest BCUT2D eigenvalue weighted by Gasteiger charge is 2.59. The van der Waals surface area contributed by atoms with E-state index < -0.39 is 81.3 Å². The van der Waals surface area contributed by atoms with E-state index in [1.54, 1.807) is 13.8 Å². The van der Waals surface area contributed by atoms with Gasteiger partial charge in [0.15, 0.2) is 18.0 Å². The molecule has 0 saturated carbocycles. The molecule has 2 N–H and O–H groups in total. The summed E-state index contributed by atoms with van der Waals surface area (Å²) in [4.78, 5) is 49.2. The third-order valence-corrected chi connectivity index (χ3v) is 6.08. The largest absolute Gasteiger partial charge is 0.510 e. The summed E-state index contributed by atoms with van der Waals surface area (Å²) in [6.45, 7) is 2.15. The highest BCUT2D eigenvalue weighted by molar-refractivity contribution is 7.51. The Morgan fingerprint density at radius 3 is 2.79 bits per heavy atom. The lowest BCUT2D eigenvalue weighted by Gasteiger charge is -2.28. The molecule has 0 amide bonds. The van der Waals surface area contributed by atoms with Gasteiger partial charge in [0.05, 0.1) is 12.7 Å². The first kappa shape index (κ1) is 25.1. The van der Waals surface area contributed by atoms with Gasteiger partial charge in [0, 0.05) is 12.3 Å². The van der Waals surface area contributed by atoms with Gasteiger partial charge in [-0.3, -0.25) is 28.2 Å². The summed E-state index contributed by atoms with van der Waals surface area (Å²) in [5.74, 6) is -0.756. The van der Waals surface area contributed by atoms with Crippen molar-refractivity contribution in [1.29, 1.82) is 0 Å². The number of esters is 1. The molecule has 2 aliphatic heterocycles. The Balaban J connectivity index is 1.82. The number of alkyl halides is 1.